The third kappa shape index (κ3) is 52.8. The molecular weight excluding hydrogens is 1070 g/mol. The van der Waals surface area contributed by atoms with Crippen molar-refractivity contribution in [2.45, 2.75) is 317 Å². The molecule has 3 N–H and O–H groups in total. The summed E-state index contributed by atoms with van der Waals surface area (Å²) in [6.45, 7) is 9.36. The summed E-state index contributed by atoms with van der Waals surface area (Å²) in [6.07, 6.45) is 34.8. The molecular formula is C61H118O17P2. The van der Waals surface area contributed by atoms with Crippen LogP contribution in [0.15, 0.2) is 0 Å². The molecule has 0 amide bonds. The van der Waals surface area contributed by atoms with Gasteiger partial charge in [0.15, 0.2) is 12.2 Å². The van der Waals surface area contributed by atoms with Gasteiger partial charge < -0.3 is 33.8 Å². The monoisotopic (exact) mass is 1180 g/mol. The number of carbonyl (C=O) groups excluding carboxylic acids is 4. The molecule has 4 unspecified atom stereocenters. The van der Waals surface area contributed by atoms with Crippen LogP contribution in [-0.2, 0) is 65.4 Å². The van der Waals surface area contributed by atoms with Gasteiger partial charge in [-0.1, -0.05) is 247 Å². The van der Waals surface area contributed by atoms with Gasteiger partial charge >= 0.3 is 39.5 Å². The molecule has 0 saturated heterocycles. The fourth-order valence-electron chi connectivity index (χ4n) is 8.94. The number of aliphatic hydroxyl groups is 1. The molecule has 0 bridgehead atoms. The van der Waals surface area contributed by atoms with Gasteiger partial charge in [-0.15, -0.1) is 0 Å². The van der Waals surface area contributed by atoms with Gasteiger partial charge in [0.25, 0.3) is 0 Å². The van der Waals surface area contributed by atoms with Crippen molar-refractivity contribution in [2.24, 2.45) is 11.8 Å². The highest BCUT2D eigenvalue weighted by atomic mass is 31.2. The van der Waals surface area contributed by atoms with Crippen LogP contribution in [0.3, 0.4) is 0 Å². The second-order valence-electron chi connectivity index (χ2n) is 22.6. The first-order chi connectivity index (χ1) is 38.4. The van der Waals surface area contributed by atoms with Gasteiger partial charge in [-0.3, -0.25) is 37.3 Å². The number of rotatable bonds is 60. The minimum absolute atomic E-state index is 0.103. The Hall–Kier alpha value is -1.94. The van der Waals surface area contributed by atoms with Crippen LogP contribution in [0.2, 0.25) is 0 Å². The zero-order chi connectivity index (χ0) is 59.4. The lowest BCUT2D eigenvalue weighted by Gasteiger charge is -2.21. The lowest BCUT2D eigenvalue weighted by Crippen LogP contribution is -2.30. The maximum Gasteiger partial charge on any atom is 0.472 e. The maximum absolute atomic E-state index is 12.9. The standard InChI is InChI=1S/C61H118O17P2/c1-7-11-13-15-17-19-20-22-24-33-39-45-60(65)77-56(50-72-59(64)44-38-32-27-25-29-35-41-53(5)9-3)51-75-79(67,68)73-47-55(62)48-74-80(69,70)76-52-57(49-71-58(63)43-37-31-23-21-18-16-14-12-8-2)78-61(66)46-40-34-28-26-30-36-42-54(6)10-4/h53-57,62H,7-52H2,1-6H3,(H,67,68)(H,69,70)/t53?,54?,55-,56-,57-/m1/s1. The molecule has 0 aliphatic carbocycles. The summed E-state index contributed by atoms with van der Waals surface area (Å²) in [4.78, 5) is 72.0. The van der Waals surface area contributed by atoms with Crippen LogP contribution in [0.25, 0.3) is 0 Å². The highest BCUT2D eigenvalue weighted by Crippen LogP contribution is 2.45. The Balaban J connectivity index is 5.25. The predicted octanol–water partition coefficient (Wildman–Crippen LogP) is 16.5. The van der Waals surface area contributed by atoms with E-state index in [9.17, 15) is 43.2 Å². The fraction of sp³-hybridized carbons (Fsp3) is 0.934. The first-order valence-corrected chi connectivity index (χ1v) is 35.1. The van der Waals surface area contributed by atoms with E-state index in [2.05, 4.69) is 41.5 Å². The maximum atomic E-state index is 12.9. The molecule has 0 aromatic carbocycles. The van der Waals surface area contributed by atoms with Gasteiger partial charge in [0.05, 0.1) is 26.4 Å². The summed E-state index contributed by atoms with van der Waals surface area (Å²) in [6, 6.07) is 0. The van der Waals surface area contributed by atoms with E-state index in [0.717, 1.165) is 108 Å². The summed E-state index contributed by atoms with van der Waals surface area (Å²) in [5.41, 5.74) is 0. The molecule has 80 heavy (non-hydrogen) atoms. The zero-order valence-corrected chi connectivity index (χ0v) is 53.2. The smallest absolute Gasteiger partial charge is 0.462 e. The number of phosphoric acid groups is 2. The lowest BCUT2D eigenvalue weighted by atomic mass is 10.00. The average molecular weight is 1190 g/mol. The SMILES string of the molecule is CCCCCCCCCCCCCC(=O)O[C@H](COC(=O)CCCCCCCCC(C)CC)COP(=O)(O)OC[C@@H](O)COP(=O)(O)OC[C@@H](COC(=O)CCCCCCCCCCC)OC(=O)CCCCCCCCC(C)CC. The Morgan fingerprint density at radius 3 is 0.887 bits per heavy atom. The number of ether oxygens (including phenoxy) is 4. The van der Waals surface area contributed by atoms with Crippen molar-refractivity contribution in [3.05, 3.63) is 0 Å². The Bertz CT molecular complexity index is 1590. The minimum atomic E-state index is -4.94. The van der Waals surface area contributed by atoms with Gasteiger partial charge in [-0.05, 0) is 37.5 Å². The molecule has 0 rings (SSSR count). The highest BCUT2D eigenvalue weighted by molar-refractivity contribution is 7.47. The Morgan fingerprint density at radius 2 is 0.600 bits per heavy atom. The number of hydrogen-bond donors (Lipinski definition) is 3. The molecule has 0 aliphatic rings. The molecule has 0 aromatic rings. The van der Waals surface area contributed by atoms with Gasteiger partial charge in [0.2, 0.25) is 0 Å². The van der Waals surface area contributed by atoms with Gasteiger partial charge in [-0.25, -0.2) is 9.13 Å². The van der Waals surface area contributed by atoms with E-state index < -0.39 is 97.5 Å². The number of aliphatic hydroxyl groups excluding tert-OH is 1. The molecule has 0 saturated carbocycles. The zero-order valence-electron chi connectivity index (χ0n) is 51.4. The first kappa shape index (κ1) is 78.1. The van der Waals surface area contributed by atoms with Gasteiger partial charge in [0, 0.05) is 25.7 Å². The molecule has 17 nitrogen and oxygen atoms in total. The van der Waals surface area contributed by atoms with Gasteiger partial charge in [-0.2, -0.15) is 0 Å². The Labute approximate surface area is 486 Å². The lowest BCUT2D eigenvalue weighted by molar-refractivity contribution is -0.161. The van der Waals surface area contributed by atoms with E-state index >= 15 is 0 Å². The summed E-state index contributed by atoms with van der Waals surface area (Å²) in [7, 11) is -9.88. The topological polar surface area (TPSA) is 237 Å². The number of unbranched alkanes of at least 4 members (excludes halogenated alkanes) is 28. The summed E-state index contributed by atoms with van der Waals surface area (Å²) in [5.74, 6) is -0.690. The van der Waals surface area contributed by atoms with Crippen LogP contribution in [0.5, 0.6) is 0 Å². The van der Waals surface area contributed by atoms with Crippen LogP contribution in [0.4, 0.5) is 0 Å². The van der Waals surface area contributed by atoms with Crippen molar-refractivity contribution < 1.29 is 80.2 Å². The van der Waals surface area contributed by atoms with Crippen molar-refractivity contribution in [3.8, 4) is 0 Å². The summed E-state index contributed by atoms with van der Waals surface area (Å²) in [5, 5.41) is 10.5. The van der Waals surface area contributed by atoms with E-state index in [4.69, 9.17) is 37.0 Å². The molecule has 7 atom stereocenters. The molecule has 0 aliphatic heterocycles. The quantitative estimate of drug-likeness (QED) is 0.0222. The minimum Gasteiger partial charge on any atom is -0.462 e. The third-order valence-electron chi connectivity index (χ3n) is 14.7. The average Bonchev–Trinajstić information content (AvgIpc) is 3.43. The number of phosphoric ester groups is 2. The van der Waals surface area contributed by atoms with Crippen LogP contribution >= 0.6 is 15.6 Å². The van der Waals surface area contributed by atoms with Crippen LogP contribution in [0, 0.1) is 11.8 Å². The molecule has 0 fully saturated rings. The summed E-state index contributed by atoms with van der Waals surface area (Å²) < 4.78 is 67.8. The second kappa shape index (κ2) is 53.8. The first-order valence-electron chi connectivity index (χ1n) is 32.1. The van der Waals surface area contributed by atoms with Crippen molar-refractivity contribution in [2.75, 3.05) is 39.6 Å². The van der Waals surface area contributed by atoms with Gasteiger partial charge in [0.1, 0.15) is 19.3 Å². The van der Waals surface area contributed by atoms with E-state index in [1.807, 2.05) is 0 Å². The second-order valence-corrected chi connectivity index (χ2v) is 25.5. The van der Waals surface area contributed by atoms with E-state index in [1.54, 1.807) is 0 Å². The van der Waals surface area contributed by atoms with Crippen LogP contribution < -0.4 is 0 Å². The number of hydrogen-bond acceptors (Lipinski definition) is 15. The van der Waals surface area contributed by atoms with Crippen LogP contribution in [-0.4, -0.2) is 96.7 Å². The molecule has 0 radical (unpaired) electrons. The van der Waals surface area contributed by atoms with Crippen molar-refractivity contribution in [1.29, 1.82) is 0 Å². The van der Waals surface area contributed by atoms with E-state index in [-0.39, 0.29) is 25.7 Å². The fourth-order valence-corrected chi connectivity index (χ4v) is 10.5. The normalized spacial score (nSPS) is 15.1. The highest BCUT2D eigenvalue weighted by Gasteiger charge is 2.30. The number of esters is 4. The van der Waals surface area contributed by atoms with Crippen molar-refractivity contribution in [3.63, 3.8) is 0 Å². The van der Waals surface area contributed by atoms with Crippen molar-refractivity contribution >= 4 is 39.5 Å². The van der Waals surface area contributed by atoms with E-state index in [0.29, 0.717) is 25.7 Å². The van der Waals surface area contributed by atoms with Crippen molar-refractivity contribution in [1.82, 2.24) is 0 Å². The third-order valence-corrected chi connectivity index (χ3v) is 16.6. The van der Waals surface area contributed by atoms with E-state index in [1.165, 1.54) is 109 Å². The molecule has 474 valence electrons. The van der Waals surface area contributed by atoms with Crippen LogP contribution in [0.1, 0.15) is 298 Å². The Kier molecular flexibility index (Phi) is 52.5. The summed E-state index contributed by atoms with van der Waals surface area (Å²) >= 11 is 0. The molecule has 19 heteroatoms. The molecule has 0 aromatic heterocycles. The Morgan fingerprint density at radius 1 is 0.350 bits per heavy atom. The number of carbonyl (C=O) groups is 4. The molecule has 0 spiro atoms. The molecule has 0 heterocycles. The predicted molar refractivity (Wildman–Crippen MR) is 317 cm³/mol. The largest absolute Gasteiger partial charge is 0.472 e.